The fourth-order valence-electron chi connectivity index (χ4n) is 1.73. The first-order valence-corrected chi connectivity index (χ1v) is 6.89. The molecule has 0 heterocycles. The van der Waals surface area contributed by atoms with Crippen LogP contribution in [0, 0.1) is 0 Å². The molecule has 0 atom stereocenters. The molecule has 2 rings (SSSR count). The quantitative estimate of drug-likeness (QED) is 0.585. The number of nitrogens with one attached hydrogen (secondary N) is 1. The van der Waals surface area contributed by atoms with E-state index < -0.39 is 11.7 Å². The zero-order valence-corrected chi connectivity index (χ0v) is 12.7. The fourth-order valence-corrected chi connectivity index (χ4v) is 1.99. The monoisotopic (exact) mass is 356 g/mol. The molecule has 0 aliphatic heterocycles. The molecule has 1 N–H and O–H groups in total. The Balaban J connectivity index is 2.23. The second-order valence-electron chi connectivity index (χ2n) is 4.36. The second-order valence-corrected chi connectivity index (χ2v) is 5.27. The van der Waals surface area contributed by atoms with Crippen LogP contribution >= 0.6 is 15.9 Å². The Morgan fingerprint density at radius 1 is 1.05 bits per heavy atom. The molecule has 0 radical (unpaired) electrons. The molecule has 0 spiro atoms. The summed E-state index contributed by atoms with van der Waals surface area (Å²) in [5.74, 6) is 0. The smallest absolute Gasteiger partial charge is 0.278 e. The van der Waals surface area contributed by atoms with Crippen LogP contribution in [0.4, 0.5) is 18.9 Å². The van der Waals surface area contributed by atoms with Crippen molar-refractivity contribution in [3.05, 3.63) is 64.1 Å². The number of hydrogen-bond donors (Lipinski definition) is 1. The zero-order valence-electron chi connectivity index (χ0n) is 11.1. The molecule has 6 heteroatoms. The van der Waals surface area contributed by atoms with Gasteiger partial charge >= 0.3 is 6.18 Å². The van der Waals surface area contributed by atoms with E-state index in [2.05, 4.69) is 26.5 Å². The Morgan fingerprint density at radius 3 is 2.29 bits per heavy atom. The average Bonchev–Trinajstić information content (AvgIpc) is 2.45. The van der Waals surface area contributed by atoms with E-state index >= 15 is 0 Å². The van der Waals surface area contributed by atoms with Crippen molar-refractivity contribution in [2.24, 2.45) is 5.10 Å². The largest absolute Gasteiger partial charge is 0.418 e. The maximum atomic E-state index is 12.8. The predicted molar refractivity (Wildman–Crippen MR) is 81.4 cm³/mol. The van der Waals surface area contributed by atoms with Gasteiger partial charge in [-0.15, -0.1) is 0 Å². The van der Waals surface area contributed by atoms with Gasteiger partial charge in [-0.1, -0.05) is 40.2 Å². The molecule has 0 bridgehead atoms. The number of halogens is 4. The Kier molecular flexibility index (Phi) is 4.67. The van der Waals surface area contributed by atoms with Crippen LogP contribution in [-0.2, 0) is 6.18 Å². The van der Waals surface area contributed by atoms with Gasteiger partial charge in [-0.3, -0.25) is 5.43 Å². The van der Waals surface area contributed by atoms with E-state index in [4.69, 9.17) is 0 Å². The minimum Gasteiger partial charge on any atom is -0.278 e. The molecule has 0 unspecified atom stereocenters. The van der Waals surface area contributed by atoms with Gasteiger partial charge in [-0.05, 0) is 36.8 Å². The number of anilines is 1. The first-order valence-electron chi connectivity index (χ1n) is 6.10. The molecule has 2 nitrogen and oxygen atoms in total. The maximum absolute atomic E-state index is 12.8. The minimum atomic E-state index is -4.41. The molecule has 0 fully saturated rings. The first kappa shape index (κ1) is 15.6. The average molecular weight is 357 g/mol. The Morgan fingerprint density at radius 2 is 1.67 bits per heavy atom. The summed E-state index contributed by atoms with van der Waals surface area (Å²) in [5.41, 5.74) is 3.11. The molecule has 0 amide bonds. The number of nitrogens with zero attached hydrogens (tertiary/aromatic N) is 1. The van der Waals surface area contributed by atoms with Crippen LogP contribution in [-0.4, -0.2) is 5.71 Å². The van der Waals surface area contributed by atoms with E-state index in [9.17, 15) is 13.2 Å². The van der Waals surface area contributed by atoms with E-state index in [0.717, 1.165) is 16.1 Å². The van der Waals surface area contributed by atoms with Crippen LogP contribution in [0.2, 0.25) is 0 Å². The lowest BCUT2D eigenvalue weighted by Crippen LogP contribution is -2.09. The van der Waals surface area contributed by atoms with Gasteiger partial charge < -0.3 is 0 Å². The van der Waals surface area contributed by atoms with E-state index in [1.807, 2.05) is 24.3 Å². The molecular formula is C15H12BrF3N2. The Labute approximate surface area is 128 Å². The normalized spacial score (nSPS) is 12.3. The molecule has 21 heavy (non-hydrogen) atoms. The van der Waals surface area contributed by atoms with Crippen molar-refractivity contribution in [3.8, 4) is 0 Å². The number of hydrogen-bond acceptors (Lipinski definition) is 2. The van der Waals surface area contributed by atoms with Crippen LogP contribution < -0.4 is 5.43 Å². The Bertz CT molecular complexity index is 649. The second kappa shape index (κ2) is 6.30. The van der Waals surface area contributed by atoms with Crippen molar-refractivity contribution in [1.82, 2.24) is 0 Å². The van der Waals surface area contributed by atoms with Crippen LogP contribution in [0.25, 0.3) is 0 Å². The van der Waals surface area contributed by atoms with E-state index in [1.54, 1.807) is 6.92 Å². The topological polar surface area (TPSA) is 24.4 Å². The van der Waals surface area contributed by atoms with Crippen molar-refractivity contribution in [2.45, 2.75) is 13.1 Å². The molecular weight excluding hydrogens is 345 g/mol. The molecule has 0 saturated heterocycles. The summed E-state index contributed by atoms with van der Waals surface area (Å²) in [6.45, 7) is 1.73. The third-order valence-corrected chi connectivity index (χ3v) is 3.37. The van der Waals surface area contributed by atoms with E-state index in [0.29, 0.717) is 5.71 Å². The van der Waals surface area contributed by atoms with Crippen LogP contribution in [0.15, 0.2) is 58.1 Å². The molecule has 2 aromatic rings. The third-order valence-electron chi connectivity index (χ3n) is 2.84. The van der Waals surface area contributed by atoms with Gasteiger partial charge in [0.1, 0.15) is 0 Å². The number of hydrazone groups is 1. The zero-order chi connectivity index (χ0) is 15.5. The highest BCUT2D eigenvalue weighted by atomic mass is 79.9. The lowest BCUT2D eigenvalue weighted by Gasteiger charge is -2.12. The predicted octanol–water partition coefficient (Wildman–Crippen LogP) is 5.30. The van der Waals surface area contributed by atoms with Gasteiger partial charge in [0.25, 0.3) is 0 Å². The maximum Gasteiger partial charge on any atom is 0.418 e. The van der Waals surface area contributed by atoms with Crippen molar-refractivity contribution in [3.63, 3.8) is 0 Å². The summed E-state index contributed by atoms with van der Waals surface area (Å²) in [7, 11) is 0. The number of alkyl halides is 3. The van der Waals surface area contributed by atoms with E-state index in [1.165, 1.54) is 18.2 Å². The highest BCUT2D eigenvalue weighted by molar-refractivity contribution is 9.10. The third kappa shape index (κ3) is 4.07. The summed E-state index contributed by atoms with van der Waals surface area (Å²) >= 11 is 3.32. The molecule has 110 valence electrons. The Hall–Kier alpha value is -1.82. The highest BCUT2D eigenvalue weighted by Crippen LogP contribution is 2.34. The summed E-state index contributed by atoms with van der Waals surface area (Å²) < 4.78 is 39.5. The van der Waals surface area contributed by atoms with Crippen LogP contribution in [0.3, 0.4) is 0 Å². The van der Waals surface area contributed by atoms with Gasteiger partial charge in [0, 0.05) is 4.47 Å². The van der Waals surface area contributed by atoms with Crippen molar-refractivity contribution >= 4 is 27.3 Å². The van der Waals surface area contributed by atoms with Gasteiger partial charge in [0.2, 0.25) is 0 Å². The number of rotatable bonds is 3. The van der Waals surface area contributed by atoms with Crippen LogP contribution in [0.1, 0.15) is 18.1 Å². The lowest BCUT2D eigenvalue weighted by atomic mass is 10.1. The SMILES string of the molecule is C/C(=N\Nc1ccccc1C(F)(F)F)c1ccc(Br)cc1. The first-order chi connectivity index (χ1) is 9.88. The summed E-state index contributed by atoms with van der Waals surface area (Å²) in [5, 5.41) is 4.02. The van der Waals surface area contributed by atoms with E-state index in [-0.39, 0.29) is 5.69 Å². The summed E-state index contributed by atoms with van der Waals surface area (Å²) in [4.78, 5) is 0. The molecule has 0 aliphatic carbocycles. The molecule has 0 saturated carbocycles. The van der Waals surface area contributed by atoms with Crippen LogP contribution in [0.5, 0.6) is 0 Å². The van der Waals surface area contributed by atoms with Crippen molar-refractivity contribution in [2.75, 3.05) is 5.43 Å². The molecule has 0 aromatic heterocycles. The van der Waals surface area contributed by atoms with Gasteiger partial charge in [-0.2, -0.15) is 18.3 Å². The fraction of sp³-hybridized carbons (Fsp3) is 0.133. The highest BCUT2D eigenvalue weighted by Gasteiger charge is 2.33. The lowest BCUT2D eigenvalue weighted by molar-refractivity contribution is -0.136. The van der Waals surface area contributed by atoms with Crippen molar-refractivity contribution in [1.29, 1.82) is 0 Å². The van der Waals surface area contributed by atoms with Gasteiger partial charge in [0.05, 0.1) is 17.0 Å². The minimum absolute atomic E-state index is 0.0681. The number of benzene rings is 2. The molecule has 2 aromatic carbocycles. The summed E-state index contributed by atoms with van der Waals surface area (Å²) in [6.07, 6.45) is -4.41. The van der Waals surface area contributed by atoms with Crippen molar-refractivity contribution < 1.29 is 13.2 Å². The molecule has 0 aliphatic rings. The number of para-hydroxylation sites is 1. The van der Waals surface area contributed by atoms with Gasteiger partial charge in [0.15, 0.2) is 0 Å². The van der Waals surface area contributed by atoms with Gasteiger partial charge in [-0.25, -0.2) is 0 Å². The standard InChI is InChI=1S/C15H12BrF3N2/c1-10(11-6-8-12(16)9-7-11)20-21-14-5-3-2-4-13(14)15(17,18)19/h2-9,21H,1H3/b20-10+. The summed E-state index contributed by atoms with van der Waals surface area (Å²) in [6, 6.07) is 12.6.